The fourth-order valence-corrected chi connectivity index (χ4v) is 3.31. The average Bonchev–Trinajstić information content (AvgIpc) is 3.09. The fraction of sp³-hybridized carbons (Fsp3) is 0.400. The van der Waals surface area contributed by atoms with Crippen molar-refractivity contribution in [3.8, 4) is 0 Å². The zero-order chi connectivity index (χ0) is 13.9. The summed E-state index contributed by atoms with van der Waals surface area (Å²) >= 11 is 1.51. The monoisotopic (exact) mass is 287 g/mol. The van der Waals surface area contributed by atoms with Crippen molar-refractivity contribution >= 4 is 23.1 Å². The van der Waals surface area contributed by atoms with Crippen molar-refractivity contribution < 1.29 is 4.79 Å². The largest absolute Gasteiger partial charge is 0.337 e. The molecule has 3 rings (SSSR count). The number of anilines is 1. The first-order valence-corrected chi connectivity index (χ1v) is 7.75. The molecule has 1 saturated heterocycles. The first-order chi connectivity index (χ1) is 9.74. The van der Waals surface area contributed by atoms with Gasteiger partial charge in [-0.05, 0) is 37.3 Å². The molecule has 1 atom stereocenters. The maximum absolute atomic E-state index is 12.2. The van der Waals surface area contributed by atoms with E-state index in [1.807, 2.05) is 30.5 Å². The van der Waals surface area contributed by atoms with Crippen molar-refractivity contribution in [2.75, 3.05) is 11.4 Å². The lowest BCUT2D eigenvalue weighted by atomic mass is 10.1. The lowest BCUT2D eigenvalue weighted by Crippen LogP contribution is -2.32. The number of carbonyl (C=O) groups excluding carboxylic acids is 1. The maximum Gasteiger partial charge on any atom is 0.225 e. The standard InChI is InChI=1S/C15H17N3OS/c1-11-6-7-16-15(17-11)18-8-2-4-12(18)10-13(19)14-5-3-9-20-14/h3,5-7,9,12H,2,4,8,10H2,1H3/t12-/m1/s1. The molecule has 0 radical (unpaired) electrons. The molecule has 3 heterocycles. The van der Waals surface area contributed by atoms with Gasteiger partial charge < -0.3 is 4.90 Å². The SMILES string of the molecule is Cc1ccnc(N2CCC[C@@H]2CC(=O)c2cccs2)n1. The molecule has 0 amide bonds. The van der Waals surface area contributed by atoms with Gasteiger partial charge in [-0.25, -0.2) is 9.97 Å². The third-order valence-corrected chi connectivity index (χ3v) is 4.54. The van der Waals surface area contributed by atoms with Crippen molar-refractivity contribution in [1.29, 1.82) is 0 Å². The summed E-state index contributed by atoms with van der Waals surface area (Å²) in [6, 6.07) is 5.95. The highest BCUT2D eigenvalue weighted by Gasteiger charge is 2.29. The second-order valence-electron chi connectivity index (χ2n) is 5.09. The van der Waals surface area contributed by atoms with Crippen molar-refractivity contribution in [2.45, 2.75) is 32.2 Å². The molecule has 2 aromatic rings. The van der Waals surface area contributed by atoms with Crippen molar-refractivity contribution in [2.24, 2.45) is 0 Å². The van der Waals surface area contributed by atoms with E-state index in [1.54, 1.807) is 6.20 Å². The van der Waals surface area contributed by atoms with E-state index in [-0.39, 0.29) is 11.8 Å². The number of thiophene rings is 1. The molecule has 0 N–H and O–H groups in total. The summed E-state index contributed by atoms with van der Waals surface area (Å²) in [7, 11) is 0. The molecule has 5 heteroatoms. The van der Waals surface area contributed by atoms with Gasteiger partial charge in [0.25, 0.3) is 0 Å². The molecule has 0 unspecified atom stereocenters. The van der Waals surface area contributed by atoms with Crippen LogP contribution in [0.2, 0.25) is 0 Å². The number of aryl methyl sites for hydroxylation is 1. The predicted octanol–water partition coefficient (Wildman–Crippen LogP) is 3.09. The number of aromatic nitrogens is 2. The Morgan fingerprint density at radius 2 is 2.40 bits per heavy atom. The van der Waals surface area contributed by atoms with Crippen LogP contribution >= 0.6 is 11.3 Å². The molecule has 1 aliphatic heterocycles. The van der Waals surface area contributed by atoms with Crippen LogP contribution in [0.25, 0.3) is 0 Å². The summed E-state index contributed by atoms with van der Waals surface area (Å²) in [4.78, 5) is 24.1. The van der Waals surface area contributed by atoms with Crippen LogP contribution < -0.4 is 4.90 Å². The number of Topliss-reactive ketones (excluding diaryl/α,β-unsaturated/α-hetero) is 1. The molecule has 104 valence electrons. The van der Waals surface area contributed by atoms with Crippen molar-refractivity contribution in [1.82, 2.24) is 9.97 Å². The van der Waals surface area contributed by atoms with E-state index in [4.69, 9.17) is 0 Å². The molecule has 1 aliphatic rings. The van der Waals surface area contributed by atoms with Gasteiger partial charge >= 0.3 is 0 Å². The molecule has 1 fully saturated rings. The van der Waals surface area contributed by atoms with E-state index in [0.29, 0.717) is 6.42 Å². The van der Waals surface area contributed by atoms with Gasteiger partial charge in [-0.15, -0.1) is 11.3 Å². The van der Waals surface area contributed by atoms with E-state index in [2.05, 4.69) is 14.9 Å². The summed E-state index contributed by atoms with van der Waals surface area (Å²) in [5.74, 6) is 0.982. The van der Waals surface area contributed by atoms with Crippen LogP contribution in [0.3, 0.4) is 0 Å². The Labute approximate surface area is 122 Å². The Hall–Kier alpha value is -1.75. The summed E-state index contributed by atoms with van der Waals surface area (Å²) < 4.78 is 0. The Kier molecular flexibility index (Phi) is 3.78. The van der Waals surface area contributed by atoms with E-state index >= 15 is 0 Å². The summed E-state index contributed by atoms with van der Waals surface area (Å²) in [5.41, 5.74) is 0.963. The number of ketones is 1. The lowest BCUT2D eigenvalue weighted by molar-refractivity contribution is 0.0978. The van der Waals surface area contributed by atoms with Crippen LogP contribution in [-0.4, -0.2) is 28.3 Å². The normalized spacial score (nSPS) is 18.4. The zero-order valence-corrected chi connectivity index (χ0v) is 12.3. The third kappa shape index (κ3) is 2.72. The van der Waals surface area contributed by atoms with Gasteiger partial charge in [0.2, 0.25) is 5.95 Å². The number of nitrogens with zero attached hydrogens (tertiary/aromatic N) is 3. The minimum Gasteiger partial charge on any atom is -0.337 e. The molecule has 0 aliphatic carbocycles. The van der Waals surface area contributed by atoms with Crippen LogP contribution in [0.5, 0.6) is 0 Å². The van der Waals surface area contributed by atoms with Gasteiger partial charge in [0.05, 0.1) is 4.88 Å². The fourth-order valence-electron chi connectivity index (χ4n) is 2.64. The Bertz CT molecular complexity index is 597. The smallest absolute Gasteiger partial charge is 0.225 e. The minimum absolute atomic E-state index is 0.226. The highest BCUT2D eigenvalue weighted by Crippen LogP contribution is 2.26. The Balaban J connectivity index is 1.74. The Morgan fingerprint density at radius 3 is 3.15 bits per heavy atom. The first kappa shape index (κ1) is 13.2. The summed E-state index contributed by atoms with van der Waals surface area (Å²) in [6.45, 7) is 2.90. The quantitative estimate of drug-likeness (QED) is 0.811. The molecule has 20 heavy (non-hydrogen) atoms. The number of hydrogen-bond acceptors (Lipinski definition) is 5. The molecule has 0 bridgehead atoms. The maximum atomic E-state index is 12.2. The minimum atomic E-state index is 0.226. The van der Waals surface area contributed by atoms with E-state index in [0.717, 1.165) is 35.9 Å². The molecular formula is C15H17N3OS. The highest BCUT2D eigenvalue weighted by molar-refractivity contribution is 7.12. The molecule has 0 spiro atoms. The van der Waals surface area contributed by atoms with Gasteiger partial charge in [0.1, 0.15) is 0 Å². The second kappa shape index (κ2) is 5.71. The first-order valence-electron chi connectivity index (χ1n) is 6.87. The van der Waals surface area contributed by atoms with Crippen molar-refractivity contribution in [3.63, 3.8) is 0 Å². The molecular weight excluding hydrogens is 270 g/mol. The molecule has 4 nitrogen and oxygen atoms in total. The van der Waals surface area contributed by atoms with Crippen LogP contribution in [0.1, 0.15) is 34.6 Å². The lowest BCUT2D eigenvalue weighted by Gasteiger charge is -2.24. The molecule has 0 aromatic carbocycles. The van der Waals surface area contributed by atoms with E-state index < -0.39 is 0 Å². The number of hydrogen-bond donors (Lipinski definition) is 0. The van der Waals surface area contributed by atoms with Gasteiger partial charge in [0.15, 0.2) is 5.78 Å². The average molecular weight is 287 g/mol. The second-order valence-corrected chi connectivity index (χ2v) is 6.04. The number of carbonyl (C=O) groups is 1. The summed E-state index contributed by atoms with van der Waals surface area (Å²) in [5, 5.41) is 1.95. The number of rotatable bonds is 4. The Morgan fingerprint density at radius 1 is 1.50 bits per heavy atom. The van der Waals surface area contributed by atoms with Crippen LogP contribution in [0, 0.1) is 6.92 Å². The van der Waals surface area contributed by atoms with Crippen LogP contribution in [0.4, 0.5) is 5.95 Å². The zero-order valence-electron chi connectivity index (χ0n) is 11.5. The van der Waals surface area contributed by atoms with Gasteiger partial charge in [0, 0.05) is 30.9 Å². The van der Waals surface area contributed by atoms with Gasteiger partial charge in [-0.1, -0.05) is 6.07 Å². The van der Waals surface area contributed by atoms with Gasteiger partial charge in [-0.2, -0.15) is 0 Å². The van der Waals surface area contributed by atoms with Crippen LogP contribution in [0.15, 0.2) is 29.8 Å². The van der Waals surface area contributed by atoms with E-state index in [1.165, 1.54) is 11.3 Å². The third-order valence-electron chi connectivity index (χ3n) is 3.63. The van der Waals surface area contributed by atoms with E-state index in [9.17, 15) is 4.79 Å². The molecule has 0 saturated carbocycles. The molecule has 2 aromatic heterocycles. The van der Waals surface area contributed by atoms with Gasteiger partial charge in [-0.3, -0.25) is 4.79 Å². The van der Waals surface area contributed by atoms with Crippen molar-refractivity contribution in [3.05, 3.63) is 40.3 Å². The highest BCUT2D eigenvalue weighted by atomic mass is 32.1. The van der Waals surface area contributed by atoms with Crippen LogP contribution in [-0.2, 0) is 0 Å². The summed E-state index contributed by atoms with van der Waals surface area (Å²) in [6.07, 6.45) is 4.47. The predicted molar refractivity (Wildman–Crippen MR) is 80.4 cm³/mol. The topological polar surface area (TPSA) is 46.1 Å².